The van der Waals surface area contributed by atoms with Crippen molar-refractivity contribution in [1.82, 2.24) is 0 Å². The molecule has 0 rings (SSSR count). The monoisotopic (exact) mass is 302 g/mol. The fraction of sp³-hybridized carbons (Fsp3) is 0.571. The van der Waals surface area contributed by atoms with Crippen LogP contribution in [0.15, 0.2) is 36.8 Å². The minimum Gasteiger partial charge on any atom is -0.342 e. The average molecular weight is 302 g/mol. The molecular weight excluding hydrogens is 280 g/mol. The van der Waals surface area contributed by atoms with Crippen LogP contribution in [0.3, 0.4) is 0 Å². The first-order valence-electron chi connectivity index (χ1n) is 6.23. The Morgan fingerprint density at radius 3 is 1.24 bits per heavy atom. The first-order chi connectivity index (χ1) is 9.45. The summed E-state index contributed by atoms with van der Waals surface area (Å²) in [6.07, 6.45) is 1.36. The normalized spacial score (nSPS) is 17.9. The molecule has 6 N–H and O–H groups in total. The van der Waals surface area contributed by atoms with Crippen molar-refractivity contribution in [1.29, 1.82) is 0 Å². The SMILES string of the molecule is C=C=CC(CC)(OC(C=C=C)(CC)C(O)(O)O)C(O)(O)O. The zero-order valence-electron chi connectivity index (χ0n) is 12.1. The van der Waals surface area contributed by atoms with Gasteiger partial charge in [0.25, 0.3) is 0 Å². The molecule has 0 heterocycles. The summed E-state index contributed by atoms with van der Waals surface area (Å²) in [5.41, 5.74) is -0.0141. The summed E-state index contributed by atoms with van der Waals surface area (Å²) in [6, 6.07) is 0. The van der Waals surface area contributed by atoms with E-state index >= 15 is 0 Å². The minimum absolute atomic E-state index is 0.220. The lowest BCUT2D eigenvalue weighted by atomic mass is 9.91. The van der Waals surface area contributed by atoms with Crippen LogP contribution in [0.5, 0.6) is 0 Å². The van der Waals surface area contributed by atoms with Gasteiger partial charge in [-0.15, -0.1) is 11.5 Å². The molecule has 7 heteroatoms. The Kier molecular flexibility index (Phi) is 6.29. The van der Waals surface area contributed by atoms with Gasteiger partial charge >= 0.3 is 11.9 Å². The fourth-order valence-electron chi connectivity index (χ4n) is 1.87. The van der Waals surface area contributed by atoms with E-state index in [0.717, 1.165) is 12.2 Å². The number of hydrogen-bond donors (Lipinski definition) is 6. The summed E-state index contributed by atoms with van der Waals surface area (Å²) >= 11 is 0. The zero-order valence-corrected chi connectivity index (χ0v) is 12.1. The number of hydrogen-bond acceptors (Lipinski definition) is 7. The Balaban J connectivity index is 6.20. The van der Waals surface area contributed by atoms with Crippen LogP contribution in [0.25, 0.3) is 0 Å². The van der Waals surface area contributed by atoms with Crippen LogP contribution < -0.4 is 0 Å². The van der Waals surface area contributed by atoms with Crippen LogP contribution >= 0.6 is 0 Å². The molecule has 21 heavy (non-hydrogen) atoms. The van der Waals surface area contributed by atoms with E-state index in [1.54, 1.807) is 0 Å². The second kappa shape index (κ2) is 6.68. The summed E-state index contributed by atoms with van der Waals surface area (Å²) < 4.78 is 5.32. The molecule has 0 spiro atoms. The maximum absolute atomic E-state index is 9.54. The number of aliphatic hydroxyl groups is 6. The van der Waals surface area contributed by atoms with Gasteiger partial charge in [0, 0.05) is 0 Å². The van der Waals surface area contributed by atoms with Crippen molar-refractivity contribution in [3.8, 4) is 0 Å². The lowest BCUT2D eigenvalue weighted by molar-refractivity contribution is -0.444. The molecule has 0 aromatic rings. The minimum atomic E-state index is -3.40. The maximum atomic E-state index is 9.54. The summed E-state index contributed by atoms with van der Waals surface area (Å²) in [5.74, 6) is -6.79. The quantitative estimate of drug-likeness (QED) is 0.257. The third-order valence-corrected chi connectivity index (χ3v) is 3.22. The largest absolute Gasteiger partial charge is 0.342 e. The molecule has 0 amide bonds. The van der Waals surface area contributed by atoms with Gasteiger partial charge in [0.15, 0.2) is 11.2 Å². The summed E-state index contributed by atoms with van der Waals surface area (Å²) in [4.78, 5) is 0. The van der Waals surface area contributed by atoms with E-state index in [-0.39, 0.29) is 12.8 Å². The van der Waals surface area contributed by atoms with Gasteiger partial charge in [0.2, 0.25) is 0 Å². The van der Waals surface area contributed by atoms with Crippen LogP contribution in [0.1, 0.15) is 26.7 Å². The van der Waals surface area contributed by atoms with Gasteiger partial charge in [-0.1, -0.05) is 27.0 Å². The van der Waals surface area contributed by atoms with Gasteiger partial charge in [-0.3, -0.25) is 0 Å². The van der Waals surface area contributed by atoms with Gasteiger partial charge in [0.1, 0.15) is 0 Å². The Labute approximate surface area is 123 Å². The van der Waals surface area contributed by atoms with E-state index in [9.17, 15) is 30.6 Å². The van der Waals surface area contributed by atoms with Gasteiger partial charge in [-0.05, 0) is 25.0 Å². The highest BCUT2D eigenvalue weighted by Gasteiger charge is 2.57. The average Bonchev–Trinajstić information content (AvgIpc) is 2.34. The van der Waals surface area contributed by atoms with E-state index in [1.165, 1.54) is 13.8 Å². The van der Waals surface area contributed by atoms with Crippen LogP contribution in [-0.4, -0.2) is 53.8 Å². The molecule has 0 aromatic heterocycles. The molecular formula is C14H22O7. The van der Waals surface area contributed by atoms with Crippen molar-refractivity contribution in [2.75, 3.05) is 0 Å². The predicted molar refractivity (Wildman–Crippen MR) is 73.3 cm³/mol. The van der Waals surface area contributed by atoms with Crippen molar-refractivity contribution in [2.24, 2.45) is 0 Å². The van der Waals surface area contributed by atoms with Crippen LogP contribution in [-0.2, 0) is 4.74 Å². The summed E-state index contributed by atoms with van der Waals surface area (Å²) in [6.45, 7) is 9.36. The van der Waals surface area contributed by atoms with Crippen molar-refractivity contribution < 1.29 is 35.4 Å². The first-order valence-corrected chi connectivity index (χ1v) is 6.23. The molecule has 2 unspecified atom stereocenters. The highest BCUT2D eigenvalue weighted by molar-refractivity contribution is 5.12. The third kappa shape index (κ3) is 3.90. The van der Waals surface area contributed by atoms with E-state index in [1.807, 2.05) is 0 Å². The van der Waals surface area contributed by atoms with E-state index in [2.05, 4.69) is 24.6 Å². The van der Waals surface area contributed by atoms with Crippen LogP contribution in [0.2, 0.25) is 0 Å². The Morgan fingerprint density at radius 2 is 1.10 bits per heavy atom. The van der Waals surface area contributed by atoms with Crippen molar-refractivity contribution in [3.63, 3.8) is 0 Å². The Bertz CT molecular complexity index is 405. The zero-order chi connectivity index (χ0) is 16.9. The molecule has 0 aliphatic rings. The third-order valence-electron chi connectivity index (χ3n) is 3.22. The van der Waals surface area contributed by atoms with E-state index < -0.39 is 23.1 Å². The molecule has 0 radical (unpaired) electrons. The molecule has 0 aliphatic heterocycles. The summed E-state index contributed by atoms with van der Waals surface area (Å²) in [5, 5.41) is 57.3. The lowest BCUT2D eigenvalue weighted by Crippen LogP contribution is -2.64. The molecule has 0 saturated carbocycles. The maximum Gasteiger partial charge on any atom is 0.310 e. The predicted octanol–water partition coefficient (Wildman–Crippen LogP) is -0.756. The van der Waals surface area contributed by atoms with Gasteiger partial charge < -0.3 is 35.4 Å². The molecule has 0 aliphatic carbocycles. The second-order valence-electron chi connectivity index (χ2n) is 4.56. The van der Waals surface area contributed by atoms with Gasteiger partial charge in [-0.2, -0.15) is 0 Å². The van der Waals surface area contributed by atoms with Gasteiger partial charge in [0.05, 0.1) is 0 Å². The molecule has 7 nitrogen and oxygen atoms in total. The fourth-order valence-corrected chi connectivity index (χ4v) is 1.87. The van der Waals surface area contributed by atoms with Crippen LogP contribution in [0, 0.1) is 0 Å². The van der Waals surface area contributed by atoms with Crippen LogP contribution in [0.4, 0.5) is 0 Å². The highest BCUT2D eigenvalue weighted by atomic mass is 16.7. The molecule has 0 saturated heterocycles. The van der Waals surface area contributed by atoms with E-state index in [0.29, 0.717) is 0 Å². The molecule has 0 bridgehead atoms. The Morgan fingerprint density at radius 1 is 0.810 bits per heavy atom. The topological polar surface area (TPSA) is 131 Å². The second-order valence-corrected chi connectivity index (χ2v) is 4.56. The Hall–Kier alpha value is -1.24. The van der Waals surface area contributed by atoms with Crippen molar-refractivity contribution in [3.05, 3.63) is 36.8 Å². The van der Waals surface area contributed by atoms with Crippen molar-refractivity contribution in [2.45, 2.75) is 49.8 Å². The number of rotatable bonds is 8. The first kappa shape index (κ1) is 19.8. The van der Waals surface area contributed by atoms with E-state index in [4.69, 9.17) is 4.74 Å². The van der Waals surface area contributed by atoms with Gasteiger partial charge in [-0.25, -0.2) is 0 Å². The smallest absolute Gasteiger partial charge is 0.310 e. The number of ether oxygens (including phenoxy) is 1. The molecule has 2 atom stereocenters. The van der Waals surface area contributed by atoms with Crippen molar-refractivity contribution >= 4 is 0 Å². The highest BCUT2D eigenvalue weighted by Crippen LogP contribution is 2.38. The molecule has 120 valence electrons. The molecule has 0 aromatic carbocycles. The lowest BCUT2D eigenvalue weighted by Gasteiger charge is -2.46. The summed E-state index contributed by atoms with van der Waals surface area (Å²) in [7, 11) is 0. The molecule has 0 fully saturated rings. The standard InChI is InChI=1S/C14H22O7/c1-5-9-11(7-3,13(15,16)17)21-12(8-4,10-6-2)14(18,19)20/h9-10,15-20H,1-2,7-8H2,3-4H3.